The largest absolute Gasteiger partial charge is 0.465 e. The highest BCUT2D eigenvalue weighted by Crippen LogP contribution is 2.19. The number of piperidine rings is 1. The number of nitrogens with zero attached hydrogens (tertiary/aromatic N) is 1. The van der Waals surface area contributed by atoms with E-state index in [9.17, 15) is 14.4 Å². The molecule has 1 saturated heterocycles. The molecule has 0 aliphatic carbocycles. The summed E-state index contributed by atoms with van der Waals surface area (Å²) in [6, 6.07) is 6.44. The van der Waals surface area contributed by atoms with Crippen molar-refractivity contribution >= 4 is 17.8 Å². The monoisotopic (exact) mass is 332 g/mol. The molecule has 0 aromatic heterocycles. The predicted molar refractivity (Wildman–Crippen MR) is 89.7 cm³/mol. The quantitative estimate of drug-likeness (QED) is 0.835. The van der Waals surface area contributed by atoms with Crippen molar-refractivity contribution in [3.05, 3.63) is 35.4 Å². The minimum Gasteiger partial charge on any atom is -0.465 e. The van der Waals surface area contributed by atoms with Gasteiger partial charge >= 0.3 is 5.97 Å². The predicted octanol–water partition coefficient (Wildman–Crippen LogP) is 1.85. The van der Waals surface area contributed by atoms with Crippen LogP contribution in [0.15, 0.2) is 24.3 Å². The van der Waals surface area contributed by atoms with E-state index in [4.69, 9.17) is 0 Å². The molecular formula is C18H24N2O4. The fourth-order valence-electron chi connectivity index (χ4n) is 2.79. The van der Waals surface area contributed by atoms with E-state index in [2.05, 4.69) is 10.1 Å². The Morgan fingerprint density at radius 2 is 1.71 bits per heavy atom. The van der Waals surface area contributed by atoms with Crippen LogP contribution in [0, 0.1) is 5.92 Å². The van der Waals surface area contributed by atoms with Crippen molar-refractivity contribution in [2.45, 2.75) is 26.2 Å². The molecule has 0 atom stereocenters. The maximum atomic E-state index is 12.5. The van der Waals surface area contributed by atoms with Crippen LogP contribution in [-0.4, -0.2) is 49.4 Å². The van der Waals surface area contributed by atoms with Crippen molar-refractivity contribution in [2.75, 3.05) is 26.7 Å². The van der Waals surface area contributed by atoms with Crippen molar-refractivity contribution < 1.29 is 19.1 Å². The summed E-state index contributed by atoms with van der Waals surface area (Å²) in [5.41, 5.74) is 0.955. The number of benzene rings is 1. The van der Waals surface area contributed by atoms with Gasteiger partial charge in [0, 0.05) is 31.1 Å². The summed E-state index contributed by atoms with van der Waals surface area (Å²) in [5.74, 6) is -0.416. The fourth-order valence-corrected chi connectivity index (χ4v) is 2.79. The lowest BCUT2D eigenvalue weighted by Gasteiger charge is -2.31. The first-order valence-corrected chi connectivity index (χ1v) is 8.32. The van der Waals surface area contributed by atoms with Gasteiger partial charge in [-0.2, -0.15) is 0 Å². The van der Waals surface area contributed by atoms with E-state index >= 15 is 0 Å². The Morgan fingerprint density at radius 3 is 2.25 bits per heavy atom. The highest BCUT2D eigenvalue weighted by Gasteiger charge is 2.27. The summed E-state index contributed by atoms with van der Waals surface area (Å²) in [6.07, 6.45) is 2.29. The number of ether oxygens (including phenoxy) is 1. The van der Waals surface area contributed by atoms with Crippen molar-refractivity contribution in [2.24, 2.45) is 5.92 Å². The van der Waals surface area contributed by atoms with E-state index in [1.165, 1.54) is 7.11 Å². The summed E-state index contributed by atoms with van der Waals surface area (Å²) in [7, 11) is 1.32. The number of nitrogens with one attached hydrogen (secondary N) is 1. The zero-order chi connectivity index (χ0) is 17.5. The van der Waals surface area contributed by atoms with Gasteiger partial charge in [0.25, 0.3) is 5.91 Å². The molecule has 1 aromatic rings. The normalized spacial score (nSPS) is 15.0. The van der Waals surface area contributed by atoms with Gasteiger partial charge in [-0.25, -0.2) is 4.79 Å². The number of carbonyl (C=O) groups is 3. The second-order valence-corrected chi connectivity index (χ2v) is 5.93. The standard InChI is InChI=1S/C18H24N2O4/c1-3-10-19-16(21)13-8-11-20(12-9-13)17(22)14-4-6-15(7-5-14)18(23)24-2/h4-7,13H,3,8-12H2,1-2H3,(H,19,21). The van der Waals surface area contributed by atoms with E-state index in [0.29, 0.717) is 43.6 Å². The maximum Gasteiger partial charge on any atom is 0.337 e. The van der Waals surface area contributed by atoms with Gasteiger partial charge < -0.3 is 15.0 Å². The molecular weight excluding hydrogens is 308 g/mol. The Labute approximate surface area is 142 Å². The zero-order valence-corrected chi connectivity index (χ0v) is 14.2. The molecule has 6 heteroatoms. The van der Waals surface area contributed by atoms with E-state index in [1.807, 2.05) is 6.92 Å². The van der Waals surface area contributed by atoms with Crippen molar-refractivity contribution in [3.8, 4) is 0 Å². The average Bonchev–Trinajstić information content (AvgIpc) is 2.65. The SMILES string of the molecule is CCCNC(=O)C1CCN(C(=O)c2ccc(C(=O)OC)cc2)CC1. The molecule has 0 unspecified atom stereocenters. The molecule has 24 heavy (non-hydrogen) atoms. The Morgan fingerprint density at radius 1 is 1.12 bits per heavy atom. The van der Waals surface area contributed by atoms with Crippen LogP contribution >= 0.6 is 0 Å². The van der Waals surface area contributed by atoms with Gasteiger partial charge in [-0.1, -0.05) is 6.92 Å². The molecule has 0 bridgehead atoms. The molecule has 0 saturated carbocycles. The van der Waals surface area contributed by atoms with Gasteiger partial charge in [-0.05, 0) is 43.5 Å². The van der Waals surface area contributed by atoms with Crippen LogP contribution in [0.4, 0.5) is 0 Å². The molecule has 1 N–H and O–H groups in total. The van der Waals surface area contributed by atoms with Gasteiger partial charge in [-0.3, -0.25) is 9.59 Å². The van der Waals surface area contributed by atoms with Crippen LogP contribution in [0.5, 0.6) is 0 Å². The van der Waals surface area contributed by atoms with Crippen molar-refractivity contribution in [3.63, 3.8) is 0 Å². The maximum absolute atomic E-state index is 12.5. The summed E-state index contributed by atoms with van der Waals surface area (Å²) >= 11 is 0. The van der Waals surface area contributed by atoms with E-state index in [1.54, 1.807) is 29.2 Å². The molecule has 130 valence electrons. The van der Waals surface area contributed by atoms with Crippen LogP contribution in [0.25, 0.3) is 0 Å². The molecule has 0 spiro atoms. The smallest absolute Gasteiger partial charge is 0.337 e. The van der Waals surface area contributed by atoms with Gasteiger partial charge in [0.2, 0.25) is 5.91 Å². The van der Waals surface area contributed by atoms with Gasteiger partial charge in [0.1, 0.15) is 0 Å². The molecule has 1 aliphatic heterocycles. The number of rotatable bonds is 5. The second-order valence-electron chi connectivity index (χ2n) is 5.93. The van der Waals surface area contributed by atoms with E-state index in [0.717, 1.165) is 6.42 Å². The third-order valence-corrected chi connectivity index (χ3v) is 4.26. The lowest BCUT2D eigenvalue weighted by atomic mass is 9.95. The molecule has 2 amide bonds. The Balaban J connectivity index is 1.90. The van der Waals surface area contributed by atoms with Crippen molar-refractivity contribution in [1.82, 2.24) is 10.2 Å². The molecule has 2 rings (SSSR count). The summed E-state index contributed by atoms with van der Waals surface area (Å²) in [5, 5.41) is 2.91. The molecule has 1 aliphatic rings. The Bertz CT molecular complexity index is 590. The van der Waals surface area contributed by atoms with Crippen LogP contribution in [0.2, 0.25) is 0 Å². The lowest BCUT2D eigenvalue weighted by Crippen LogP contribution is -2.43. The number of esters is 1. The first-order valence-electron chi connectivity index (χ1n) is 8.32. The Kier molecular flexibility index (Phi) is 6.35. The molecule has 1 fully saturated rings. The number of likely N-dealkylation sites (tertiary alicyclic amines) is 1. The highest BCUT2D eigenvalue weighted by atomic mass is 16.5. The number of carbonyl (C=O) groups excluding carboxylic acids is 3. The van der Waals surface area contributed by atoms with Gasteiger partial charge in [-0.15, -0.1) is 0 Å². The van der Waals surface area contributed by atoms with Gasteiger partial charge in [0.15, 0.2) is 0 Å². The van der Waals surface area contributed by atoms with Crippen LogP contribution in [0.3, 0.4) is 0 Å². The van der Waals surface area contributed by atoms with E-state index in [-0.39, 0.29) is 17.7 Å². The Hall–Kier alpha value is -2.37. The zero-order valence-electron chi connectivity index (χ0n) is 14.2. The highest BCUT2D eigenvalue weighted by molar-refractivity contribution is 5.96. The third-order valence-electron chi connectivity index (χ3n) is 4.26. The lowest BCUT2D eigenvalue weighted by molar-refractivity contribution is -0.126. The summed E-state index contributed by atoms with van der Waals surface area (Å²) < 4.78 is 4.64. The first-order chi connectivity index (χ1) is 11.6. The first kappa shape index (κ1) is 18.0. The molecule has 1 aromatic carbocycles. The van der Waals surface area contributed by atoms with Crippen LogP contribution in [-0.2, 0) is 9.53 Å². The fraction of sp³-hybridized carbons (Fsp3) is 0.500. The number of hydrogen-bond acceptors (Lipinski definition) is 4. The van der Waals surface area contributed by atoms with E-state index < -0.39 is 5.97 Å². The van der Waals surface area contributed by atoms with Gasteiger partial charge in [0.05, 0.1) is 12.7 Å². The summed E-state index contributed by atoms with van der Waals surface area (Å²) in [4.78, 5) is 37.7. The second kappa shape index (κ2) is 8.47. The number of amides is 2. The van der Waals surface area contributed by atoms with Crippen LogP contribution in [0.1, 0.15) is 46.9 Å². The number of methoxy groups -OCH3 is 1. The summed E-state index contributed by atoms with van der Waals surface area (Å²) in [6.45, 7) is 3.86. The molecule has 6 nitrogen and oxygen atoms in total. The topological polar surface area (TPSA) is 75.7 Å². The molecule has 0 radical (unpaired) electrons. The third kappa shape index (κ3) is 4.34. The average molecular weight is 332 g/mol. The minimum atomic E-state index is -0.423. The van der Waals surface area contributed by atoms with Crippen molar-refractivity contribution in [1.29, 1.82) is 0 Å². The van der Waals surface area contributed by atoms with Crippen LogP contribution < -0.4 is 5.32 Å². The molecule has 1 heterocycles. The number of hydrogen-bond donors (Lipinski definition) is 1. The minimum absolute atomic E-state index is 0.0118.